The second kappa shape index (κ2) is 4.71. The lowest BCUT2D eigenvalue weighted by Crippen LogP contribution is -2.12. The molecule has 1 aromatic carbocycles. The molecule has 0 radical (unpaired) electrons. The first-order valence-electron chi connectivity index (χ1n) is 4.51. The number of alkyl halides is 3. The molecular formula is C10H9BrF4O. The highest BCUT2D eigenvalue weighted by molar-refractivity contribution is 9.10. The SMILES string of the molecule is CCC(O)c1cc(Br)cc(C(F)(F)F)c1F. The normalized spacial score (nSPS) is 13.9. The quantitative estimate of drug-likeness (QED) is 0.817. The van der Waals surface area contributed by atoms with Crippen molar-refractivity contribution in [3.05, 3.63) is 33.5 Å². The van der Waals surface area contributed by atoms with Gasteiger partial charge in [-0.25, -0.2) is 4.39 Å². The molecule has 0 saturated heterocycles. The van der Waals surface area contributed by atoms with Gasteiger partial charge in [-0.3, -0.25) is 0 Å². The summed E-state index contributed by atoms with van der Waals surface area (Å²) in [6.45, 7) is 1.55. The Morgan fingerprint density at radius 3 is 2.38 bits per heavy atom. The van der Waals surface area contributed by atoms with Crippen LogP contribution >= 0.6 is 15.9 Å². The third kappa shape index (κ3) is 2.74. The Morgan fingerprint density at radius 1 is 1.38 bits per heavy atom. The summed E-state index contributed by atoms with van der Waals surface area (Å²) < 4.78 is 50.9. The first kappa shape index (κ1) is 13.4. The van der Waals surface area contributed by atoms with Gasteiger partial charge in [0.2, 0.25) is 0 Å². The second-order valence-electron chi connectivity index (χ2n) is 3.28. The van der Waals surface area contributed by atoms with E-state index in [4.69, 9.17) is 0 Å². The molecule has 0 heterocycles. The number of hydrogen-bond acceptors (Lipinski definition) is 1. The van der Waals surface area contributed by atoms with Crippen LogP contribution in [0.3, 0.4) is 0 Å². The minimum Gasteiger partial charge on any atom is -0.388 e. The molecule has 0 amide bonds. The van der Waals surface area contributed by atoms with Gasteiger partial charge in [0.05, 0.1) is 11.7 Å². The molecule has 0 aliphatic carbocycles. The Balaban J connectivity index is 3.38. The van der Waals surface area contributed by atoms with E-state index < -0.39 is 23.7 Å². The molecule has 1 atom stereocenters. The molecule has 1 unspecified atom stereocenters. The largest absolute Gasteiger partial charge is 0.419 e. The van der Waals surface area contributed by atoms with Gasteiger partial charge in [0.1, 0.15) is 5.82 Å². The molecule has 90 valence electrons. The van der Waals surface area contributed by atoms with Gasteiger partial charge in [0.25, 0.3) is 0 Å². The lowest BCUT2D eigenvalue weighted by atomic mass is 10.0. The van der Waals surface area contributed by atoms with Crippen LogP contribution in [0.1, 0.15) is 30.6 Å². The number of rotatable bonds is 2. The van der Waals surface area contributed by atoms with Crippen LogP contribution in [0.4, 0.5) is 17.6 Å². The summed E-state index contributed by atoms with van der Waals surface area (Å²) >= 11 is 2.86. The first-order valence-corrected chi connectivity index (χ1v) is 5.30. The molecule has 1 nitrogen and oxygen atoms in total. The van der Waals surface area contributed by atoms with E-state index in [2.05, 4.69) is 15.9 Å². The fourth-order valence-corrected chi connectivity index (χ4v) is 1.75. The maximum absolute atomic E-state index is 13.5. The summed E-state index contributed by atoms with van der Waals surface area (Å²) in [5.41, 5.74) is -1.71. The predicted molar refractivity (Wildman–Crippen MR) is 54.4 cm³/mol. The average Bonchev–Trinajstić information content (AvgIpc) is 2.18. The molecular weight excluding hydrogens is 292 g/mol. The summed E-state index contributed by atoms with van der Waals surface area (Å²) in [6.07, 6.45) is -5.86. The van der Waals surface area contributed by atoms with E-state index in [9.17, 15) is 22.7 Å². The van der Waals surface area contributed by atoms with Crippen molar-refractivity contribution in [2.24, 2.45) is 0 Å². The van der Waals surface area contributed by atoms with Gasteiger partial charge in [0, 0.05) is 10.0 Å². The van der Waals surface area contributed by atoms with Crippen LogP contribution in [0.2, 0.25) is 0 Å². The zero-order valence-electron chi connectivity index (χ0n) is 8.28. The van der Waals surface area contributed by atoms with E-state index in [1.54, 1.807) is 6.92 Å². The molecule has 1 aromatic rings. The van der Waals surface area contributed by atoms with Crippen LogP contribution < -0.4 is 0 Å². The van der Waals surface area contributed by atoms with Crippen molar-refractivity contribution < 1.29 is 22.7 Å². The van der Waals surface area contributed by atoms with Crippen molar-refractivity contribution >= 4 is 15.9 Å². The Morgan fingerprint density at radius 2 is 1.94 bits per heavy atom. The molecule has 1 N–H and O–H groups in total. The van der Waals surface area contributed by atoms with Crippen molar-refractivity contribution in [2.45, 2.75) is 25.6 Å². The lowest BCUT2D eigenvalue weighted by molar-refractivity contribution is -0.140. The Hall–Kier alpha value is -0.620. The molecule has 0 aliphatic rings. The van der Waals surface area contributed by atoms with Crippen LogP contribution in [0.15, 0.2) is 16.6 Å². The van der Waals surface area contributed by atoms with Gasteiger partial charge >= 0.3 is 6.18 Å². The van der Waals surface area contributed by atoms with Crippen LogP contribution in [0.25, 0.3) is 0 Å². The van der Waals surface area contributed by atoms with Gasteiger partial charge in [-0.2, -0.15) is 13.2 Å². The highest BCUT2D eigenvalue weighted by Gasteiger charge is 2.36. The number of hydrogen-bond donors (Lipinski definition) is 1. The topological polar surface area (TPSA) is 20.2 Å². The Labute approximate surface area is 98.2 Å². The van der Waals surface area contributed by atoms with Crippen molar-refractivity contribution in [3.63, 3.8) is 0 Å². The molecule has 0 aliphatic heterocycles. The summed E-state index contributed by atoms with van der Waals surface area (Å²) in [5.74, 6) is -1.41. The van der Waals surface area contributed by atoms with Crippen molar-refractivity contribution in [3.8, 4) is 0 Å². The van der Waals surface area contributed by atoms with Crippen molar-refractivity contribution in [2.75, 3.05) is 0 Å². The maximum atomic E-state index is 13.5. The third-order valence-corrected chi connectivity index (χ3v) is 2.57. The van der Waals surface area contributed by atoms with Crippen molar-refractivity contribution in [1.29, 1.82) is 0 Å². The fourth-order valence-electron chi connectivity index (χ4n) is 1.28. The molecule has 0 fully saturated rings. The monoisotopic (exact) mass is 300 g/mol. The van der Waals surface area contributed by atoms with E-state index in [-0.39, 0.29) is 16.5 Å². The van der Waals surface area contributed by atoms with Crippen LogP contribution in [-0.4, -0.2) is 5.11 Å². The third-order valence-electron chi connectivity index (χ3n) is 2.12. The molecule has 6 heteroatoms. The van der Waals surface area contributed by atoms with E-state index >= 15 is 0 Å². The van der Waals surface area contributed by atoms with Crippen LogP contribution in [0, 0.1) is 5.82 Å². The van der Waals surface area contributed by atoms with Gasteiger partial charge in [-0.1, -0.05) is 22.9 Å². The Bertz CT molecular complexity index is 389. The zero-order valence-corrected chi connectivity index (χ0v) is 9.86. The highest BCUT2D eigenvalue weighted by atomic mass is 79.9. The van der Waals surface area contributed by atoms with E-state index in [0.717, 1.165) is 6.07 Å². The second-order valence-corrected chi connectivity index (χ2v) is 4.19. The standard InChI is InChI=1S/C10H9BrF4O/c1-2-8(16)6-3-5(11)4-7(9(6)12)10(13,14)15/h3-4,8,16H,2H2,1H3. The summed E-state index contributed by atoms with van der Waals surface area (Å²) in [5, 5.41) is 9.40. The summed E-state index contributed by atoms with van der Waals surface area (Å²) in [4.78, 5) is 0. The molecule has 0 aromatic heterocycles. The van der Waals surface area contributed by atoms with Crippen molar-refractivity contribution in [1.82, 2.24) is 0 Å². The van der Waals surface area contributed by atoms with E-state index in [1.165, 1.54) is 0 Å². The van der Waals surface area contributed by atoms with Gasteiger partial charge in [-0.15, -0.1) is 0 Å². The van der Waals surface area contributed by atoms with Gasteiger partial charge in [-0.05, 0) is 18.6 Å². The molecule has 16 heavy (non-hydrogen) atoms. The summed E-state index contributed by atoms with van der Waals surface area (Å²) in [6, 6.07) is 1.81. The number of benzene rings is 1. The highest BCUT2D eigenvalue weighted by Crippen LogP contribution is 2.36. The number of aliphatic hydroxyl groups is 1. The lowest BCUT2D eigenvalue weighted by Gasteiger charge is -2.15. The minimum atomic E-state index is -4.77. The molecule has 0 spiro atoms. The summed E-state index contributed by atoms with van der Waals surface area (Å²) in [7, 11) is 0. The Kier molecular flexibility index (Phi) is 3.96. The molecule has 0 saturated carbocycles. The van der Waals surface area contributed by atoms with Crippen LogP contribution in [0.5, 0.6) is 0 Å². The predicted octanol–water partition coefficient (Wildman–Crippen LogP) is 4.05. The number of aliphatic hydroxyl groups excluding tert-OH is 1. The van der Waals surface area contributed by atoms with E-state index in [0.29, 0.717) is 6.07 Å². The number of halogens is 5. The molecule has 1 rings (SSSR count). The zero-order chi connectivity index (χ0) is 12.5. The van der Waals surface area contributed by atoms with Gasteiger partial charge < -0.3 is 5.11 Å². The minimum absolute atomic E-state index is 0.0868. The first-order chi connectivity index (χ1) is 7.27. The average molecular weight is 301 g/mol. The maximum Gasteiger partial charge on any atom is 0.419 e. The molecule has 0 bridgehead atoms. The fraction of sp³-hybridized carbons (Fsp3) is 0.400. The smallest absolute Gasteiger partial charge is 0.388 e. The van der Waals surface area contributed by atoms with E-state index in [1.807, 2.05) is 0 Å². The van der Waals surface area contributed by atoms with Crippen LogP contribution in [-0.2, 0) is 6.18 Å². The van der Waals surface area contributed by atoms with Gasteiger partial charge in [0.15, 0.2) is 0 Å².